The van der Waals surface area contributed by atoms with Crippen LogP contribution in [-0.2, 0) is 9.53 Å². The number of amides is 1. The second kappa shape index (κ2) is 8.08. The van der Waals surface area contributed by atoms with Gasteiger partial charge in [0.1, 0.15) is 0 Å². The molecule has 0 bridgehead atoms. The van der Waals surface area contributed by atoms with E-state index in [0.29, 0.717) is 18.5 Å². The van der Waals surface area contributed by atoms with Crippen molar-refractivity contribution in [1.29, 1.82) is 0 Å². The summed E-state index contributed by atoms with van der Waals surface area (Å²) in [6.45, 7) is 2.21. The van der Waals surface area contributed by atoms with Crippen molar-refractivity contribution in [2.45, 2.75) is 13.3 Å². The molecule has 0 aliphatic rings. The van der Waals surface area contributed by atoms with Gasteiger partial charge in [0.25, 0.3) is 5.91 Å². The lowest BCUT2D eigenvalue weighted by molar-refractivity contribution is -0.144. The molecule has 1 N–H and O–H groups in total. The lowest BCUT2D eigenvalue weighted by Gasteiger charge is -2.10. The lowest BCUT2D eigenvalue weighted by Crippen LogP contribution is -2.27. The smallest absolute Gasteiger partial charge is 0.308 e. The van der Waals surface area contributed by atoms with Crippen LogP contribution < -0.4 is 5.32 Å². The van der Waals surface area contributed by atoms with Crippen LogP contribution in [-0.4, -0.2) is 30.5 Å². The fourth-order valence-electron chi connectivity index (χ4n) is 2.15. The Morgan fingerprint density at radius 1 is 1.17 bits per heavy atom. The molecule has 23 heavy (non-hydrogen) atoms. The molecule has 1 aromatic heterocycles. The molecular weight excluding hydrogens is 292 g/mol. The number of esters is 1. The fraction of sp³-hybridized carbons (Fsp3) is 0.278. The van der Waals surface area contributed by atoms with Crippen LogP contribution >= 0.6 is 0 Å². The molecule has 2 rings (SSSR count). The van der Waals surface area contributed by atoms with Gasteiger partial charge in [0, 0.05) is 23.9 Å². The Morgan fingerprint density at radius 2 is 1.91 bits per heavy atom. The van der Waals surface area contributed by atoms with Gasteiger partial charge in [0.05, 0.1) is 18.7 Å². The van der Waals surface area contributed by atoms with Gasteiger partial charge in [-0.1, -0.05) is 25.1 Å². The van der Waals surface area contributed by atoms with E-state index in [-0.39, 0.29) is 17.8 Å². The van der Waals surface area contributed by atoms with E-state index < -0.39 is 0 Å². The average Bonchev–Trinajstić information content (AvgIpc) is 2.61. The number of methoxy groups -OCH3 is 1. The molecule has 5 nitrogen and oxygen atoms in total. The number of nitrogens with one attached hydrogen (secondary N) is 1. The van der Waals surface area contributed by atoms with E-state index in [4.69, 9.17) is 0 Å². The molecule has 1 atom stereocenters. The zero-order valence-electron chi connectivity index (χ0n) is 13.3. The molecule has 0 aliphatic carbocycles. The summed E-state index contributed by atoms with van der Waals surface area (Å²) in [4.78, 5) is 27.6. The molecule has 5 heteroatoms. The quantitative estimate of drug-likeness (QED) is 0.833. The number of carbonyl (C=O) groups is 2. The number of ether oxygens (including phenoxy) is 1. The Bertz CT molecular complexity index is 654. The number of rotatable bonds is 6. The van der Waals surface area contributed by atoms with Gasteiger partial charge in [0.2, 0.25) is 0 Å². The Balaban J connectivity index is 1.89. The van der Waals surface area contributed by atoms with E-state index in [1.54, 1.807) is 25.3 Å². The normalized spacial score (nSPS) is 11.6. The van der Waals surface area contributed by atoms with E-state index in [9.17, 15) is 9.59 Å². The van der Waals surface area contributed by atoms with Crippen LogP contribution in [0.2, 0.25) is 0 Å². The van der Waals surface area contributed by atoms with Gasteiger partial charge >= 0.3 is 5.97 Å². The van der Waals surface area contributed by atoms with Crippen molar-refractivity contribution in [2.24, 2.45) is 5.92 Å². The van der Waals surface area contributed by atoms with E-state index >= 15 is 0 Å². The van der Waals surface area contributed by atoms with Gasteiger partial charge < -0.3 is 10.1 Å². The molecule has 1 heterocycles. The average molecular weight is 312 g/mol. The third-order valence-corrected chi connectivity index (χ3v) is 3.57. The second-order valence-corrected chi connectivity index (χ2v) is 5.26. The highest BCUT2D eigenvalue weighted by atomic mass is 16.5. The molecule has 0 radical (unpaired) electrons. The molecule has 1 unspecified atom stereocenters. The maximum absolute atomic E-state index is 12.1. The highest BCUT2D eigenvalue weighted by Gasteiger charge is 2.13. The molecule has 0 saturated heterocycles. The minimum absolute atomic E-state index is 0.158. The largest absolute Gasteiger partial charge is 0.469 e. The first-order valence-electron chi connectivity index (χ1n) is 7.49. The molecule has 120 valence electrons. The van der Waals surface area contributed by atoms with Crippen molar-refractivity contribution in [1.82, 2.24) is 10.3 Å². The molecular formula is C18H20N2O3. The number of nitrogens with zero attached hydrogens (tertiary/aromatic N) is 1. The first-order chi connectivity index (χ1) is 11.1. The van der Waals surface area contributed by atoms with Gasteiger partial charge in [-0.25, -0.2) is 0 Å². The zero-order valence-corrected chi connectivity index (χ0v) is 13.3. The lowest BCUT2D eigenvalue weighted by atomic mass is 10.1. The van der Waals surface area contributed by atoms with E-state index in [2.05, 4.69) is 15.0 Å². The third kappa shape index (κ3) is 4.64. The van der Waals surface area contributed by atoms with Gasteiger partial charge in [-0.05, 0) is 30.7 Å². The highest BCUT2D eigenvalue weighted by Crippen LogP contribution is 2.16. The van der Waals surface area contributed by atoms with E-state index in [1.807, 2.05) is 30.3 Å². The van der Waals surface area contributed by atoms with Gasteiger partial charge in [-0.2, -0.15) is 0 Å². The minimum Gasteiger partial charge on any atom is -0.469 e. The Labute approximate surface area is 135 Å². The third-order valence-electron chi connectivity index (χ3n) is 3.57. The monoisotopic (exact) mass is 312 g/mol. The summed E-state index contributed by atoms with van der Waals surface area (Å²) in [6, 6.07) is 13.0. The van der Waals surface area contributed by atoms with E-state index in [0.717, 1.165) is 11.3 Å². The van der Waals surface area contributed by atoms with Crippen LogP contribution in [0.15, 0.2) is 48.7 Å². The van der Waals surface area contributed by atoms with Crippen LogP contribution in [0.25, 0.3) is 11.3 Å². The molecule has 0 aliphatic heterocycles. The van der Waals surface area contributed by atoms with Crippen LogP contribution in [0.1, 0.15) is 23.7 Å². The molecule has 1 amide bonds. The summed E-state index contributed by atoms with van der Waals surface area (Å²) in [6.07, 6.45) is 2.28. The second-order valence-electron chi connectivity index (χ2n) is 5.26. The summed E-state index contributed by atoms with van der Waals surface area (Å²) in [5, 5.41) is 2.81. The topological polar surface area (TPSA) is 68.3 Å². The maximum atomic E-state index is 12.1. The van der Waals surface area contributed by atoms with Gasteiger partial charge in [0.15, 0.2) is 0 Å². The number of aromatic nitrogens is 1. The number of benzene rings is 1. The maximum Gasteiger partial charge on any atom is 0.308 e. The number of hydrogen-bond donors (Lipinski definition) is 1. The molecule has 0 saturated carbocycles. The van der Waals surface area contributed by atoms with Crippen molar-refractivity contribution in [3.05, 3.63) is 54.2 Å². The number of carbonyl (C=O) groups excluding carboxylic acids is 2. The van der Waals surface area contributed by atoms with Crippen molar-refractivity contribution >= 4 is 11.9 Å². The predicted molar refractivity (Wildman–Crippen MR) is 87.8 cm³/mol. The van der Waals surface area contributed by atoms with Crippen molar-refractivity contribution in [3.63, 3.8) is 0 Å². The van der Waals surface area contributed by atoms with Crippen LogP contribution in [0.4, 0.5) is 0 Å². The van der Waals surface area contributed by atoms with Crippen LogP contribution in [0.3, 0.4) is 0 Å². The highest BCUT2D eigenvalue weighted by molar-refractivity contribution is 5.94. The Kier molecular flexibility index (Phi) is 5.86. The molecule has 0 fully saturated rings. The minimum atomic E-state index is -0.265. The standard InChI is InChI=1S/C18H20N2O3/c1-13(18(22)23-2)10-12-20-17(21)15-8-6-14(7-9-15)16-5-3-4-11-19-16/h3-9,11,13H,10,12H2,1-2H3,(H,20,21). The summed E-state index contributed by atoms with van der Waals surface area (Å²) < 4.78 is 4.65. The number of pyridine rings is 1. The first-order valence-corrected chi connectivity index (χ1v) is 7.49. The Hall–Kier alpha value is -2.69. The van der Waals surface area contributed by atoms with Gasteiger partial charge in [-0.3, -0.25) is 14.6 Å². The fourth-order valence-corrected chi connectivity index (χ4v) is 2.15. The van der Waals surface area contributed by atoms with E-state index in [1.165, 1.54) is 7.11 Å². The molecule has 2 aromatic rings. The van der Waals surface area contributed by atoms with Crippen LogP contribution in [0.5, 0.6) is 0 Å². The zero-order chi connectivity index (χ0) is 16.7. The van der Waals surface area contributed by atoms with Crippen molar-refractivity contribution in [3.8, 4) is 11.3 Å². The van der Waals surface area contributed by atoms with Crippen LogP contribution in [0, 0.1) is 5.92 Å². The molecule has 0 spiro atoms. The SMILES string of the molecule is COC(=O)C(C)CCNC(=O)c1ccc(-c2ccccn2)cc1. The number of hydrogen-bond acceptors (Lipinski definition) is 4. The summed E-state index contributed by atoms with van der Waals surface area (Å²) in [5.74, 6) is -0.652. The summed E-state index contributed by atoms with van der Waals surface area (Å²) in [7, 11) is 1.36. The summed E-state index contributed by atoms with van der Waals surface area (Å²) in [5.41, 5.74) is 2.41. The predicted octanol–water partition coefficient (Wildman–Crippen LogP) is 2.68. The van der Waals surface area contributed by atoms with Crippen molar-refractivity contribution < 1.29 is 14.3 Å². The van der Waals surface area contributed by atoms with Crippen molar-refractivity contribution in [2.75, 3.05) is 13.7 Å². The van der Waals surface area contributed by atoms with Gasteiger partial charge in [-0.15, -0.1) is 0 Å². The summed E-state index contributed by atoms with van der Waals surface area (Å²) >= 11 is 0. The first kappa shape index (κ1) is 16.7. The Morgan fingerprint density at radius 3 is 2.52 bits per heavy atom. The molecule has 1 aromatic carbocycles.